The van der Waals surface area contributed by atoms with E-state index in [1.165, 1.54) is 12.1 Å². The SMILES string of the molecule is CCNC(=NCc1ccc(OCC(F)(F)F)cc1)NCCCOC1CCOCC1.I. The van der Waals surface area contributed by atoms with Gasteiger partial charge in [-0.3, -0.25) is 0 Å². The summed E-state index contributed by atoms with van der Waals surface area (Å²) >= 11 is 0. The molecule has 30 heavy (non-hydrogen) atoms. The van der Waals surface area contributed by atoms with Crippen LogP contribution in [-0.4, -0.2) is 57.8 Å². The topological polar surface area (TPSA) is 64.1 Å². The highest BCUT2D eigenvalue weighted by molar-refractivity contribution is 14.0. The van der Waals surface area contributed by atoms with Crippen LogP contribution >= 0.6 is 24.0 Å². The number of guanidine groups is 1. The molecule has 1 heterocycles. The number of ether oxygens (including phenoxy) is 3. The van der Waals surface area contributed by atoms with Gasteiger partial charge in [-0.25, -0.2) is 4.99 Å². The summed E-state index contributed by atoms with van der Waals surface area (Å²) in [5, 5.41) is 6.43. The molecule has 1 aliphatic rings. The largest absolute Gasteiger partial charge is 0.484 e. The van der Waals surface area contributed by atoms with E-state index in [-0.39, 0.29) is 29.7 Å². The second-order valence-electron chi connectivity index (χ2n) is 6.71. The predicted octanol–water partition coefficient (Wildman–Crippen LogP) is 3.89. The van der Waals surface area contributed by atoms with Crippen LogP contribution in [0.4, 0.5) is 13.2 Å². The van der Waals surface area contributed by atoms with Gasteiger partial charge in [0.25, 0.3) is 0 Å². The number of alkyl halides is 3. The van der Waals surface area contributed by atoms with Crippen molar-refractivity contribution in [1.82, 2.24) is 10.6 Å². The summed E-state index contributed by atoms with van der Waals surface area (Å²) in [6.07, 6.45) is -1.26. The number of hydrogen-bond acceptors (Lipinski definition) is 4. The third kappa shape index (κ3) is 11.8. The van der Waals surface area contributed by atoms with E-state index in [0.717, 1.165) is 51.1 Å². The number of nitrogens with zero attached hydrogens (tertiary/aromatic N) is 1. The Morgan fingerprint density at radius 2 is 1.87 bits per heavy atom. The first-order chi connectivity index (χ1) is 14.0. The molecule has 0 spiro atoms. The van der Waals surface area contributed by atoms with Gasteiger partial charge in [0.1, 0.15) is 5.75 Å². The molecule has 1 aromatic rings. The van der Waals surface area contributed by atoms with E-state index < -0.39 is 12.8 Å². The summed E-state index contributed by atoms with van der Waals surface area (Å²) in [4.78, 5) is 4.50. The lowest BCUT2D eigenvalue weighted by molar-refractivity contribution is -0.153. The maximum atomic E-state index is 12.2. The normalized spacial score (nSPS) is 15.4. The van der Waals surface area contributed by atoms with E-state index in [2.05, 4.69) is 15.6 Å². The molecule has 1 saturated heterocycles. The Morgan fingerprint density at radius 1 is 1.17 bits per heavy atom. The number of hydrogen-bond donors (Lipinski definition) is 2. The maximum absolute atomic E-state index is 12.2. The summed E-state index contributed by atoms with van der Waals surface area (Å²) in [6.45, 7) is 4.80. The minimum Gasteiger partial charge on any atom is -0.484 e. The van der Waals surface area contributed by atoms with E-state index >= 15 is 0 Å². The monoisotopic (exact) mass is 545 g/mol. The van der Waals surface area contributed by atoms with Crippen molar-refractivity contribution in [2.75, 3.05) is 39.5 Å². The van der Waals surface area contributed by atoms with Crippen LogP contribution in [0.15, 0.2) is 29.3 Å². The average Bonchev–Trinajstić information content (AvgIpc) is 2.71. The van der Waals surface area contributed by atoms with Gasteiger partial charge in [0.2, 0.25) is 0 Å². The molecule has 2 N–H and O–H groups in total. The Balaban J connectivity index is 0.00000450. The van der Waals surface area contributed by atoms with Crippen molar-refractivity contribution in [2.24, 2.45) is 4.99 Å². The Kier molecular flexibility index (Phi) is 13.1. The summed E-state index contributed by atoms with van der Waals surface area (Å²) < 4.78 is 52.4. The van der Waals surface area contributed by atoms with Crippen LogP contribution in [0.1, 0.15) is 31.7 Å². The molecular weight excluding hydrogens is 514 g/mol. The Bertz CT molecular complexity index is 610. The average molecular weight is 545 g/mol. The van der Waals surface area contributed by atoms with Crippen LogP contribution in [0.5, 0.6) is 5.75 Å². The Morgan fingerprint density at radius 3 is 2.50 bits per heavy atom. The third-order valence-electron chi connectivity index (χ3n) is 4.23. The van der Waals surface area contributed by atoms with E-state index in [9.17, 15) is 13.2 Å². The van der Waals surface area contributed by atoms with Crippen molar-refractivity contribution in [3.05, 3.63) is 29.8 Å². The fraction of sp³-hybridized carbons (Fsp3) is 0.650. The smallest absolute Gasteiger partial charge is 0.422 e. The highest BCUT2D eigenvalue weighted by Gasteiger charge is 2.28. The molecule has 1 fully saturated rings. The predicted molar refractivity (Wildman–Crippen MR) is 121 cm³/mol. The van der Waals surface area contributed by atoms with Crippen LogP contribution in [0.3, 0.4) is 0 Å². The number of benzene rings is 1. The minimum atomic E-state index is -4.34. The molecule has 0 radical (unpaired) electrons. The van der Waals surface area contributed by atoms with Gasteiger partial charge in [0.15, 0.2) is 12.6 Å². The zero-order valence-electron chi connectivity index (χ0n) is 17.2. The van der Waals surface area contributed by atoms with Gasteiger partial charge in [0, 0.05) is 32.9 Å². The van der Waals surface area contributed by atoms with Crippen molar-refractivity contribution in [1.29, 1.82) is 0 Å². The van der Waals surface area contributed by atoms with E-state index in [4.69, 9.17) is 14.2 Å². The standard InChI is InChI=1S/C20H30F3N3O3.HI/c1-2-24-19(25-10-3-11-28-18-8-12-27-13-9-18)26-14-16-4-6-17(7-5-16)29-15-20(21,22)23;/h4-7,18H,2-3,8-15H2,1H3,(H2,24,25,26);1H. The molecule has 0 aliphatic carbocycles. The number of aliphatic imine (C=N–C) groups is 1. The summed E-state index contributed by atoms with van der Waals surface area (Å²) in [5.74, 6) is 0.876. The highest BCUT2D eigenvalue weighted by Crippen LogP contribution is 2.19. The van der Waals surface area contributed by atoms with Crippen LogP contribution in [-0.2, 0) is 16.0 Å². The van der Waals surface area contributed by atoms with Crippen molar-refractivity contribution >= 4 is 29.9 Å². The van der Waals surface area contributed by atoms with Gasteiger partial charge in [-0.15, -0.1) is 24.0 Å². The second kappa shape index (κ2) is 14.7. The summed E-state index contributed by atoms with van der Waals surface area (Å²) in [7, 11) is 0. The molecule has 2 rings (SSSR count). The van der Waals surface area contributed by atoms with Gasteiger partial charge in [-0.2, -0.15) is 13.2 Å². The Hall–Kier alpha value is -1.27. The first-order valence-corrected chi connectivity index (χ1v) is 9.96. The highest BCUT2D eigenvalue weighted by atomic mass is 127. The van der Waals surface area contributed by atoms with Gasteiger partial charge in [-0.05, 0) is 43.9 Å². The van der Waals surface area contributed by atoms with Crippen LogP contribution in [0.2, 0.25) is 0 Å². The van der Waals surface area contributed by atoms with Crippen molar-refractivity contribution in [3.8, 4) is 5.75 Å². The molecule has 0 unspecified atom stereocenters. The lowest BCUT2D eigenvalue weighted by atomic mass is 10.1. The van der Waals surface area contributed by atoms with E-state index in [0.29, 0.717) is 25.2 Å². The lowest BCUT2D eigenvalue weighted by Gasteiger charge is -2.22. The van der Waals surface area contributed by atoms with Crippen molar-refractivity contribution < 1.29 is 27.4 Å². The first-order valence-electron chi connectivity index (χ1n) is 9.96. The first kappa shape index (κ1) is 26.8. The number of nitrogens with one attached hydrogen (secondary N) is 2. The summed E-state index contributed by atoms with van der Waals surface area (Å²) in [6, 6.07) is 6.45. The maximum Gasteiger partial charge on any atom is 0.422 e. The molecule has 10 heteroatoms. The molecule has 0 atom stereocenters. The van der Waals surface area contributed by atoms with Gasteiger partial charge >= 0.3 is 6.18 Å². The second-order valence-corrected chi connectivity index (χ2v) is 6.71. The zero-order valence-corrected chi connectivity index (χ0v) is 19.5. The molecule has 172 valence electrons. The molecule has 0 saturated carbocycles. The molecule has 0 bridgehead atoms. The minimum absolute atomic E-state index is 0. The fourth-order valence-electron chi connectivity index (χ4n) is 2.74. The van der Waals surface area contributed by atoms with Gasteiger partial charge in [0.05, 0.1) is 12.6 Å². The van der Waals surface area contributed by atoms with Gasteiger partial charge in [-0.1, -0.05) is 12.1 Å². The summed E-state index contributed by atoms with van der Waals surface area (Å²) in [5.41, 5.74) is 0.879. The molecule has 0 amide bonds. The molecule has 0 aromatic heterocycles. The molecular formula is C20H31F3IN3O3. The molecule has 6 nitrogen and oxygen atoms in total. The number of rotatable bonds is 10. The lowest BCUT2D eigenvalue weighted by Crippen LogP contribution is -2.38. The quantitative estimate of drug-likeness (QED) is 0.202. The third-order valence-corrected chi connectivity index (χ3v) is 4.23. The van der Waals surface area contributed by atoms with Crippen LogP contribution in [0.25, 0.3) is 0 Å². The van der Waals surface area contributed by atoms with E-state index in [1.807, 2.05) is 6.92 Å². The van der Waals surface area contributed by atoms with Crippen LogP contribution < -0.4 is 15.4 Å². The zero-order chi connectivity index (χ0) is 21.0. The molecule has 1 aliphatic heterocycles. The van der Waals surface area contributed by atoms with Crippen molar-refractivity contribution in [3.63, 3.8) is 0 Å². The van der Waals surface area contributed by atoms with E-state index in [1.54, 1.807) is 12.1 Å². The number of halogens is 4. The molecule has 1 aromatic carbocycles. The van der Waals surface area contributed by atoms with Crippen molar-refractivity contribution in [2.45, 2.75) is 45.0 Å². The Labute approximate surface area is 193 Å². The van der Waals surface area contributed by atoms with Crippen LogP contribution in [0, 0.1) is 0 Å². The fourth-order valence-corrected chi connectivity index (χ4v) is 2.74. The van der Waals surface area contributed by atoms with Gasteiger partial charge < -0.3 is 24.8 Å².